The molecule has 1 aromatic carbocycles. The predicted molar refractivity (Wildman–Crippen MR) is 68.7 cm³/mol. The second kappa shape index (κ2) is 6.23. The molecular formula is C15H20O. The van der Waals surface area contributed by atoms with Crippen LogP contribution in [0.5, 0.6) is 5.75 Å². The number of ether oxygens (including phenoxy) is 1. The Kier molecular flexibility index (Phi) is 4.92. The Morgan fingerprint density at radius 3 is 2.75 bits per heavy atom. The van der Waals surface area contributed by atoms with Gasteiger partial charge >= 0.3 is 0 Å². The molecule has 1 unspecified atom stereocenters. The molecule has 86 valence electrons. The largest absolute Gasteiger partial charge is 0.494 e. The molecule has 0 radical (unpaired) electrons. The summed E-state index contributed by atoms with van der Waals surface area (Å²) in [6.07, 6.45) is 7.37. The van der Waals surface area contributed by atoms with Gasteiger partial charge in [0.15, 0.2) is 0 Å². The molecule has 0 saturated carbocycles. The number of benzene rings is 1. The molecule has 0 spiro atoms. The number of hydrogen-bond acceptors (Lipinski definition) is 1. The van der Waals surface area contributed by atoms with Crippen LogP contribution in [0.2, 0.25) is 0 Å². The zero-order valence-corrected chi connectivity index (χ0v) is 10.4. The van der Waals surface area contributed by atoms with Crippen LogP contribution in [-0.4, -0.2) is 6.61 Å². The first-order valence-electron chi connectivity index (χ1n) is 5.85. The monoisotopic (exact) mass is 216 g/mol. The normalized spacial score (nSPS) is 11.9. The highest BCUT2D eigenvalue weighted by molar-refractivity contribution is 5.35. The quantitative estimate of drug-likeness (QED) is 0.683. The number of terminal acetylenes is 1. The van der Waals surface area contributed by atoms with Crippen molar-refractivity contribution in [1.29, 1.82) is 0 Å². The summed E-state index contributed by atoms with van der Waals surface area (Å²) in [5.41, 5.74) is 2.57. The molecule has 1 nitrogen and oxygen atoms in total. The van der Waals surface area contributed by atoms with Gasteiger partial charge in [-0.15, -0.1) is 12.3 Å². The first-order chi connectivity index (χ1) is 7.67. The standard InChI is InChI=1S/C15H20O/c1-5-9-16-15-8-7-14(13(4)11-15)10-12(3)6-2/h2,7-8,11-12H,5,9-10H2,1,3-4H3. The summed E-state index contributed by atoms with van der Waals surface area (Å²) in [6.45, 7) is 7.06. The summed E-state index contributed by atoms with van der Waals surface area (Å²) in [5, 5.41) is 0. The summed E-state index contributed by atoms with van der Waals surface area (Å²) in [4.78, 5) is 0. The molecule has 0 aliphatic heterocycles. The van der Waals surface area contributed by atoms with Crippen LogP contribution in [0.1, 0.15) is 31.4 Å². The highest BCUT2D eigenvalue weighted by Gasteiger charge is 2.04. The Balaban J connectivity index is 2.72. The van der Waals surface area contributed by atoms with Gasteiger partial charge in [0.1, 0.15) is 5.75 Å². The van der Waals surface area contributed by atoms with Crippen molar-refractivity contribution >= 4 is 0 Å². The van der Waals surface area contributed by atoms with Crippen LogP contribution in [0.25, 0.3) is 0 Å². The van der Waals surface area contributed by atoms with Gasteiger partial charge in [-0.3, -0.25) is 0 Å². The summed E-state index contributed by atoms with van der Waals surface area (Å²) in [6, 6.07) is 6.24. The lowest BCUT2D eigenvalue weighted by atomic mass is 9.98. The van der Waals surface area contributed by atoms with E-state index < -0.39 is 0 Å². The molecule has 0 aliphatic carbocycles. The molecule has 0 aromatic heterocycles. The van der Waals surface area contributed by atoms with Gasteiger partial charge in [0.2, 0.25) is 0 Å². The van der Waals surface area contributed by atoms with Gasteiger partial charge in [0, 0.05) is 5.92 Å². The minimum absolute atomic E-state index is 0.293. The van der Waals surface area contributed by atoms with Gasteiger partial charge in [-0.25, -0.2) is 0 Å². The van der Waals surface area contributed by atoms with E-state index in [-0.39, 0.29) is 0 Å². The van der Waals surface area contributed by atoms with Crippen molar-refractivity contribution in [2.24, 2.45) is 5.92 Å². The van der Waals surface area contributed by atoms with E-state index in [2.05, 4.69) is 38.8 Å². The smallest absolute Gasteiger partial charge is 0.119 e. The molecule has 0 aliphatic rings. The minimum atomic E-state index is 0.293. The minimum Gasteiger partial charge on any atom is -0.494 e. The summed E-state index contributed by atoms with van der Waals surface area (Å²) in [7, 11) is 0. The van der Waals surface area contributed by atoms with Gasteiger partial charge in [-0.05, 0) is 43.0 Å². The van der Waals surface area contributed by atoms with Crippen LogP contribution in [0.4, 0.5) is 0 Å². The molecule has 0 fully saturated rings. The van der Waals surface area contributed by atoms with Gasteiger partial charge in [-0.1, -0.05) is 19.9 Å². The number of hydrogen-bond donors (Lipinski definition) is 0. The molecule has 0 saturated heterocycles. The second-order valence-corrected chi connectivity index (χ2v) is 4.21. The third-order valence-electron chi connectivity index (χ3n) is 2.60. The molecule has 1 atom stereocenters. The highest BCUT2D eigenvalue weighted by Crippen LogP contribution is 2.19. The van der Waals surface area contributed by atoms with E-state index in [0.29, 0.717) is 5.92 Å². The van der Waals surface area contributed by atoms with E-state index in [0.717, 1.165) is 25.2 Å². The van der Waals surface area contributed by atoms with Crippen LogP contribution in [0.15, 0.2) is 18.2 Å². The van der Waals surface area contributed by atoms with Crippen molar-refractivity contribution in [3.05, 3.63) is 29.3 Å². The fourth-order valence-corrected chi connectivity index (χ4v) is 1.60. The zero-order valence-electron chi connectivity index (χ0n) is 10.4. The van der Waals surface area contributed by atoms with Crippen molar-refractivity contribution in [1.82, 2.24) is 0 Å². The number of aryl methyl sites for hydroxylation is 1. The molecule has 16 heavy (non-hydrogen) atoms. The average molecular weight is 216 g/mol. The maximum absolute atomic E-state index is 5.58. The first-order valence-corrected chi connectivity index (χ1v) is 5.85. The maximum atomic E-state index is 5.58. The number of rotatable bonds is 5. The van der Waals surface area contributed by atoms with E-state index in [9.17, 15) is 0 Å². The Labute approximate surface area is 98.8 Å². The lowest BCUT2D eigenvalue weighted by molar-refractivity contribution is 0.317. The predicted octanol–water partition coefficient (Wildman–Crippen LogP) is 3.60. The van der Waals surface area contributed by atoms with Gasteiger partial charge in [0.05, 0.1) is 6.61 Å². The van der Waals surface area contributed by atoms with Crippen LogP contribution in [-0.2, 0) is 6.42 Å². The van der Waals surface area contributed by atoms with Gasteiger partial charge in [-0.2, -0.15) is 0 Å². The third-order valence-corrected chi connectivity index (χ3v) is 2.60. The van der Waals surface area contributed by atoms with E-state index in [1.165, 1.54) is 11.1 Å². The van der Waals surface area contributed by atoms with Crippen LogP contribution < -0.4 is 4.74 Å². The summed E-state index contributed by atoms with van der Waals surface area (Å²) >= 11 is 0. The molecule has 1 heteroatoms. The SMILES string of the molecule is C#CC(C)Cc1ccc(OCCC)cc1C. The molecule has 0 N–H and O–H groups in total. The summed E-state index contributed by atoms with van der Waals surface area (Å²) in [5.74, 6) is 4.01. The van der Waals surface area contributed by atoms with Crippen molar-refractivity contribution < 1.29 is 4.74 Å². The third kappa shape index (κ3) is 3.62. The highest BCUT2D eigenvalue weighted by atomic mass is 16.5. The lowest BCUT2D eigenvalue weighted by Crippen LogP contribution is -2.00. The summed E-state index contributed by atoms with van der Waals surface area (Å²) < 4.78 is 5.58. The van der Waals surface area contributed by atoms with Gasteiger partial charge in [0.25, 0.3) is 0 Å². The molecule has 1 aromatic rings. The molecular weight excluding hydrogens is 196 g/mol. The Hall–Kier alpha value is -1.42. The molecule has 0 amide bonds. The van der Waals surface area contributed by atoms with Gasteiger partial charge < -0.3 is 4.74 Å². The fourth-order valence-electron chi connectivity index (χ4n) is 1.60. The van der Waals surface area contributed by atoms with E-state index in [1.54, 1.807) is 0 Å². The van der Waals surface area contributed by atoms with E-state index >= 15 is 0 Å². The van der Waals surface area contributed by atoms with Crippen molar-refractivity contribution in [3.63, 3.8) is 0 Å². The Morgan fingerprint density at radius 1 is 1.44 bits per heavy atom. The average Bonchev–Trinajstić information content (AvgIpc) is 2.29. The molecule has 0 bridgehead atoms. The fraction of sp³-hybridized carbons (Fsp3) is 0.467. The lowest BCUT2D eigenvalue weighted by Gasteiger charge is -2.11. The van der Waals surface area contributed by atoms with Crippen molar-refractivity contribution in [3.8, 4) is 18.1 Å². The zero-order chi connectivity index (χ0) is 12.0. The first kappa shape index (κ1) is 12.6. The van der Waals surface area contributed by atoms with Crippen molar-refractivity contribution in [2.75, 3.05) is 6.61 Å². The Morgan fingerprint density at radius 2 is 2.19 bits per heavy atom. The van der Waals surface area contributed by atoms with Crippen molar-refractivity contribution in [2.45, 2.75) is 33.6 Å². The maximum Gasteiger partial charge on any atom is 0.119 e. The molecule has 0 heterocycles. The molecule has 1 rings (SSSR count). The van der Waals surface area contributed by atoms with Crippen LogP contribution in [0, 0.1) is 25.2 Å². The Bertz CT molecular complexity index is 374. The topological polar surface area (TPSA) is 9.23 Å². The van der Waals surface area contributed by atoms with E-state index in [1.807, 2.05) is 6.07 Å². The van der Waals surface area contributed by atoms with Crippen LogP contribution in [0.3, 0.4) is 0 Å². The van der Waals surface area contributed by atoms with E-state index in [4.69, 9.17) is 11.2 Å². The second-order valence-electron chi connectivity index (χ2n) is 4.21. The van der Waals surface area contributed by atoms with Crippen LogP contribution >= 0.6 is 0 Å².